The van der Waals surface area contributed by atoms with Gasteiger partial charge in [-0.3, -0.25) is 4.18 Å². The zero-order valence-corrected chi connectivity index (χ0v) is 11.2. The van der Waals surface area contributed by atoms with Gasteiger partial charge in [0.15, 0.2) is 0 Å². The highest BCUT2D eigenvalue weighted by Gasteiger charge is 2.15. The van der Waals surface area contributed by atoms with Crippen LogP contribution in [0.3, 0.4) is 0 Å². The third-order valence-electron chi connectivity index (χ3n) is 1.72. The molecule has 0 aliphatic heterocycles. The van der Waals surface area contributed by atoms with Crippen molar-refractivity contribution >= 4 is 32.7 Å². The maximum absolute atomic E-state index is 12.9. The molecule has 1 rings (SSSR count). The second-order valence-electron chi connectivity index (χ2n) is 3.11. The van der Waals surface area contributed by atoms with Gasteiger partial charge in [0.2, 0.25) is 0 Å². The van der Waals surface area contributed by atoms with Crippen molar-refractivity contribution in [2.24, 2.45) is 0 Å². The Balaban J connectivity index is 3.00. The van der Waals surface area contributed by atoms with Crippen LogP contribution in [-0.4, -0.2) is 14.7 Å². The summed E-state index contributed by atoms with van der Waals surface area (Å²) in [6.45, 7) is 1.57. The Morgan fingerprint density at radius 1 is 1.47 bits per heavy atom. The van der Waals surface area contributed by atoms with Gasteiger partial charge in [0.05, 0.1) is 6.26 Å². The third-order valence-corrected chi connectivity index (χ3v) is 3.34. The fourth-order valence-electron chi connectivity index (χ4n) is 1.14. The Labute approximate surface area is 102 Å². The van der Waals surface area contributed by atoms with Gasteiger partial charge in [-0.05, 0) is 53.3 Å². The van der Waals surface area contributed by atoms with Crippen LogP contribution in [0.25, 0.3) is 0 Å². The van der Waals surface area contributed by atoms with E-state index in [1.54, 1.807) is 13.0 Å². The molecule has 0 amide bonds. The molecule has 0 saturated heterocycles. The molecule has 1 atom stereocenters. The topological polar surface area (TPSA) is 43.4 Å². The molecule has 0 aliphatic carbocycles. The number of rotatable bonds is 3. The van der Waals surface area contributed by atoms with Gasteiger partial charge >= 0.3 is 0 Å². The van der Waals surface area contributed by atoms with Crippen molar-refractivity contribution in [1.82, 2.24) is 0 Å². The molecule has 0 N–H and O–H groups in total. The first-order chi connectivity index (χ1) is 6.79. The average Bonchev–Trinajstić information content (AvgIpc) is 2.06. The van der Waals surface area contributed by atoms with Crippen molar-refractivity contribution in [2.75, 3.05) is 6.26 Å². The van der Waals surface area contributed by atoms with Crippen molar-refractivity contribution in [3.05, 3.63) is 33.1 Å². The van der Waals surface area contributed by atoms with E-state index < -0.39 is 22.0 Å². The summed E-state index contributed by atoms with van der Waals surface area (Å²) in [6.07, 6.45) is 0.290. The predicted octanol–water partition coefficient (Wildman–Crippen LogP) is 2.47. The van der Waals surface area contributed by atoms with Gasteiger partial charge < -0.3 is 0 Å². The fourth-order valence-corrected chi connectivity index (χ4v) is 2.54. The first kappa shape index (κ1) is 12.9. The Bertz CT molecular complexity index is 458. The minimum absolute atomic E-state index is 0.408. The summed E-state index contributed by atoms with van der Waals surface area (Å²) in [7, 11) is -3.53. The van der Waals surface area contributed by atoms with Crippen LogP contribution in [0.15, 0.2) is 18.2 Å². The monoisotopic (exact) mass is 344 g/mol. The maximum Gasteiger partial charge on any atom is 0.264 e. The summed E-state index contributed by atoms with van der Waals surface area (Å²) in [5.41, 5.74) is 0.529. The Morgan fingerprint density at radius 3 is 2.60 bits per heavy atom. The maximum atomic E-state index is 12.9. The molecule has 84 valence electrons. The van der Waals surface area contributed by atoms with Gasteiger partial charge in [0.1, 0.15) is 11.9 Å². The standard InChI is InChI=1S/C9H10FIO3S/c1-6(14-15(2,12)13)8-5-7(10)3-4-9(8)11/h3-6H,1-2H3/t6-/m0/s1. The molecule has 0 saturated carbocycles. The summed E-state index contributed by atoms with van der Waals surface area (Å²) in [6, 6.07) is 4.17. The molecule has 1 aromatic rings. The number of benzene rings is 1. The van der Waals surface area contributed by atoms with Gasteiger partial charge in [-0.2, -0.15) is 8.42 Å². The lowest BCUT2D eigenvalue weighted by Crippen LogP contribution is -2.08. The second kappa shape index (κ2) is 4.75. The first-order valence-electron chi connectivity index (χ1n) is 4.13. The average molecular weight is 344 g/mol. The van der Waals surface area contributed by atoms with E-state index in [1.807, 2.05) is 22.6 Å². The molecule has 1 aromatic carbocycles. The highest BCUT2D eigenvalue weighted by Crippen LogP contribution is 2.24. The molecule has 0 unspecified atom stereocenters. The van der Waals surface area contributed by atoms with Crippen molar-refractivity contribution in [3.8, 4) is 0 Å². The lowest BCUT2D eigenvalue weighted by Gasteiger charge is -2.13. The molecule has 0 spiro atoms. The van der Waals surface area contributed by atoms with Gasteiger partial charge in [0, 0.05) is 3.57 Å². The van der Waals surface area contributed by atoms with E-state index in [0.29, 0.717) is 5.56 Å². The van der Waals surface area contributed by atoms with E-state index in [2.05, 4.69) is 0 Å². The number of hydrogen-bond donors (Lipinski definition) is 0. The largest absolute Gasteiger partial charge is 0.264 e. The molecule has 3 nitrogen and oxygen atoms in total. The molecule has 0 heterocycles. The summed E-state index contributed by atoms with van der Waals surface area (Å²) >= 11 is 2.00. The smallest absolute Gasteiger partial charge is 0.262 e. The quantitative estimate of drug-likeness (QED) is 0.625. The summed E-state index contributed by atoms with van der Waals surface area (Å²) < 4.78 is 40.2. The number of halogens is 2. The normalized spacial score (nSPS) is 13.9. The van der Waals surface area contributed by atoms with Crippen LogP contribution >= 0.6 is 22.6 Å². The SMILES string of the molecule is C[C@H](OS(C)(=O)=O)c1cc(F)ccc1I. The Morgan fingerprint density at radius 2 is 2.07 bits per heavy atom. The van der Waals surface area contributed by atoms with Crippen molar-refractivity contribution < 1.29 is 17.0 Å². The van der Waals surface area contributed by atoms with Crippen LogP contribution in [0.1, 0.15) is 18.6 Å². The highest BCUT2D eigenvalue weighted by atomic mass is 127. The molecule has 0 bridgehead atoms. The zero-order chi connectivity index (χ0) is 11.6. The zero-order valence-electron chi connectivity index (χ0n) is 8.20. The summed E-state index contributed by atoms with van der Waals surface area (Å²) in [4.78, 5) is 0. The molecular formula is C9H10FIO3S. The number of hydrogen-bond acceptors (Lipinski definition) is 3. The highest BCUT2D eigenvalue weighted by molar-refractivity contribution is 14.1. The van der Waals surface area contributed by atoms with Crippen molar-refractivity contribution in [1.29, 1.82) is 0 Å². The first-order valence-corrected chi connectivity index (χ1v) is 7.02. The fraction of sp³-hybridized carbons (Fsp3) is 0.333. The van der Waals surface area contributed by atoms with Crippen molar-refractivity contribution in [2.45, 2.75) is 13.0 Å². The van der Waals surface area contributed by atoms with E-state index in [4.69, 9.17) is 4.18 Å². The van der Waals surface area contributed by atoms with Gasteiger partial charge in [0.25, 0.3) is 10.1 Å². The molecule has 0 radical (unpaired) electrons. The van der Waals surface area contributed by atoms with Crippen LogP contribution in [0.2, 0.25) is 0 Å². The summed E-state index contributed by atoms with van der Waals surface area (Å²) in [5.74, 6) is -0.408. The van der Waals surface area contributed by atoms with Gasteiger partial charge in [-0.15, -0.1) is 0 Å². The van der Waals surface area contributed by atoms with Gasteiger partial charge in [-0.1, -0.05) is 0 Å². The van der Waals surface area contributed by atoms with E-state index in [1.165, 1.54) is 12.1 Å². The lowest BCUT2D eigenvalue weighted by molar-refractivity contribution is 0.235. The Hall–Kier alpha value is -0.210. The second-order valence-corrected chi connectivity index (χ2v) is 5.87. The molecular weight excluding hydrogens is 334 g/mol. The van der Waals surface area contributed by atoms with Crippen molar-refractivity contribution in [3.63, 3.8) is 0 Å². The van der Waals surface area contributed by atoms with Crippen LogP contribution in [-0.2, 0) is 14.3 Å². The van der Waals surface area contributed by atoms with Crippen LogP contribution in [0.5, 0.6) is 0 Å². The third kappa shape index (κ3) is 4.04. The molecule has 0 fully saturated rings. The minimum atomic E-state index is -3.53. The predicted molar refractivity (Wildman–Crippen MR) is 63.5 cm³/mol. The van der Waals surface area contributed by atoms with E-state index >= 15 is 0 Å². The molecule has 0 aliphatic rings. The molecule has 0 aromatic heterocycles. The van der Waals surface area contributed by atoms with Crippen LogP contribution < -0.4 is 0 Å². The Kier molecular flexibility index (Phi) is 4.07. The van der Waals surface area contributed by atoms with Gasteiger partial charge in [-0.25, -0.2) is 4.39 Å². The van der Waals surface area contributed by atoms with E-state index in [9.17, 15) is 12.8 Å². The van der Waals surface area contributed by atoms with E-state index in [-0.39, 0.29) is 0 Å². The van der Waals surface area contributed by atoms with E-state index in [0.717, 1.165) is 9.83 Å². The van der Waals surface area contributed by atoms with Crippen LogP contribution in [0, 0.1) is 9.39 Å². The lowest BCUT2D eigenvalue weighted by atomic mass is 10.1. The van der Waals surface area contributed by atoms with Crippen LogP contribution in [0.4, 0.5) is 4.39 Å². The molecule has 6 heteroatoms. The molecule has 15 heavy (non-hydrogen) atoms. The summed E-state index contributed by atoms with van der Waals surface area (Å²) in [5, 5.41) is 0. The minimum Gasteiger partial charge on any atom is -0.262 e.